The van der Waals surface area contributed by atoms with E-state index in [0.717, 1.165) is 45.1 Å². The van der Waals surface area contributed by atoms with Gasteiger partial charge in [-0.1, -0.05) is 20.3 Å². The lowest BCUT2D eigenvalue weighted by molar-refractivity contribution is -0.137. The van der Waals surface area contributed by atoms with E-state index in [1.165, 1.54) is 6.07 Å². The van der Waals surface area contributed by atoms with Crippen molar-refractivity contribution in [2.45, 2.75) is 38.9 Å². The Morgan fingerprint density at radius 3 is 2.33 bits per heavy atom. The first-order chi connectivity index (χ1) is 10.8. The number of halogens is 5. The second kappa shape index (κ2) is 9.02. The average Bonchev–Trinajstić information content (AvgIpc) is 2.47. The second-order valence-electron chi connectivity index (χ2n) is 6.27. The van der Waals surface area contributed by atoms with Crippen molar-refractivity contribution in [2.24, 2.45) is 5.92 Å². The Balaban J connectivity index is 0.00000288. The minimum absolute atomic E-state index is 0. The van der Waals surface area contributed by atoms with E-state index in [4.69, 9.17) is 0 Å². The summed E-state index contributed by atoms with van der Waals surface area (Å²) in [4.78, 5) is 2.17. The average molecular weight is 369 g/mol. The molecule has 0 radical (unpaired) electrons. The van der Waals surface area contributed by atoms with Crippen molar-refractivity contribution in [1.82, 2.24) is 10.2 Å². The fraction of sp³-hybridized carbons (Fsp3) is 0.647. The summed E-state index contributed by atoms with van der Waals surface area (Å²) in [6.07, 6.45) is -2.68. The second-order valence-corrected chi connectivity index (χ2v) is 6.27. The third-order valence-corrected chi connectivity index (χ3v) is 4.42. The van der Waals surface area contributed by atoms with Crippen LogP contribution in [0.15, 0.2) is 18.2 Å². The van der Waals surface area contributed by atoms with Gasteiger partial charge in [-0.25, -0.2) is 4.39 Å². The van der Waals surface area contributed by atoms with Crippen LogP contribution in [0.1, 0.15) is 43.9 Å². The van der Waals surface area contributed by atoms with Crippen molar-refractivity contribution in [3.8, 4) is 0 Å². The molecule has 1 fully saturated rings. The van der Waals surface area contributed by atoms with Gasteiger partial charge in [0.15, 0.2) is 0 Å². The third kappa shape index (κ3) is 5.33. The summed E-state index contributed by atoms with van der Waals surface area (Å²) in [5.74, 6) is -0.653. The highest BCUT2D eigenvalue weighted by Gasteiger charge is 2.34. The van der Waals surface area contributed by atoms with Crippen molar-refractivity contribution >= 4 is 12.4 Å². The molecule has 7 heteroatoms. The SMILES string of the molecule is CCCC(C)[C@H](c1cc(F)cc(C(F)(F)F)c1)N1CCNCC1.Cl. The summed E-state index contributed by atoms with van der Waals surface area (Å²) in [6.45, 7) is 7.22. The summed E-state index contributed by atoms with van der Waals surface area (Å²) in [6, 6.07) is 2.76. The van der Waals surface area contributed by atoms with Gasteiger partial charge in [-0.3, -0.25) is 4.90 Å². The number of nitrogens with zero attached hydrogens (tertiary/aromatic N) is 1. The summed E-state index contributed by atoms with van der Waals surface area (Å²) in [7, 11) is 0. The molecule has 1 N–H and O–H groups in total. The van der Waals surface area contributed by atoms with Crippen LogP contribution in [0, 0.1) is 11.7 Å². The molecule has 24 heavy (non-hydrogen) atoms. The molecule has 0 amide bonds. The zero-order valence-electron chi connectivity index (χ0n) is 14.0. The van der Waals surface area contributed by atoms with Crippen molar-refractivity contribution in [3.05, 3.63) is 35.1 Å². The fourth-order valence-corrected chi connectivity index (χ4v) is 3.42. The quantitative estimate of drug-likeness (QED) is 0.761. The summed E-state index contributed by atoms with van der Waals surface area (Å²) >= 11 is 0. The molecule has 0 spiro atoms. The van der Waals surface area contributed by atoms with Crippen LogP contribution in [0.2, 0.25) is 0 Å². The molecule has 1 aliphatic heterocycles. The number of nitrogens with one attached hydrogen (secondary N) is 1. The van der Waals surface area contributed by atoms with Crippen molar-refractivity contribution < 1.29 is 17.6 Å². The van der Waals surface area contributed by atoms with Crippen LogP contribution in [0.3, 0.4) is 0 Å². The predicted octanol–water partition coefficient (Wildman–Crippen LogP) is 4.65. The molecule has 0 bridgehead atoms. The molecule has 2 rings (SSSR count). The molecule has 0 aliphatic carbocycles. The maximum atomic E-state index is 13.8. The largest absolute Gasteiger partial charge is 0.416 e. The molecule has 2 nitrogen and oxygen atoms in total. The van der Waals surface area contributed by atoms with Crippen LogP contribution in [-0.4, -0.2) is 31.1 Å². The molecule has 1 aliphatic rings. The van der Waals surface area contributed by atoms with Crippen LogP contribution in [-0.2, 0) is 6.18 Å². The zero-order valence-corrected chi connectivity index (χ0v) is 14.8. The van der Waals surface area contributed by atoms with Gasteiger partial charge in [0.2, 0.25) is 0 Å². The Labute approximate surface area is 147 Å². The van der Waals surface area contributed by atoms with Gasteiger partial charge in [0.1, 0.15) is 5.82 Å². The van der Waals surface area contributed by atoms with E-state index in [1.807, 2.05) is 6.92 Å². The standard InChI is InChI=1S/C17H24F4N2.ClH/c1-3-4-12(2)16(23-7-5-22-6-8-23)13-9-14(17(19,20)21)11-15(18)10-13;/h9-12,16,22H,3-8H2,1-2H3;1H/t12?,16-;/m1./s1. The van der Waals surface area contributed by atoms with E-state index in [9.17, 15) is 17.6 Å². The summed E-state index contributed by atoms with van der Waals surface area (Å²) in [5.41, 5.74) is -0.475. The molecule has 0 aromatic heterocycles. The molecule has 1 heterocycles. The van der Waals surface area contributed by atoms with Crippen molar-refractivity contribution in [1.29, 1.82) is 0 Å². The van der Waals surface area contributed by atoms with Crippen LogP contribution in [0.4, 0.5) is 17.6 Å². The number of piperazine rings is 1. The summed E-state index contributed by atoms with van der Waals surface area (Å²) < 4.78 is 52.8. The highest BCUT2D eigenvalue weighted by atomic mass is 35.5. The first kappa shape index (κ1) is 21.2. The first-order valence-corrected chi connectivity index (χ1v) is 8.15. The Morgan fingerprint density at radius 1 is 1.17 bits per heavy atom. The monoisotopic (exact) mass is 368 g/mol. The van der Waals surface area contributed by atoms with Crippen molar-refractivity contribution in [3.63, 3.8) is 0 Å². The molecule has 1 saturated heterocycles. The lowest BCUT2D eigenvalue weighted by Crippen LogP contribution is -2.46. The number of benzene rings is 1. The Kier molecular flexibility index (Phi) is 7.96. The molecule has 1 aromatic rings. The van der Waals surface area contributed by atoms with E-state index in [-0.39, 0.29) is 24.4 Å². The van der Waals surface area contributed by atoms with E-state index in [1.54, 1.807) is 0 Å². The Morgan fingerprint density at radius 2 is 1.79 bits per heavy atom. The lowest BCUT2D eigenvalue weighted by atomic mass is 9.88. The minimum atomic E-state index is -4.53. The van der Waals surface area contributed by atoms with Crippen LogP contribution in [0.5, 0.6) is 0 Å². The maximum Gasteiger partial charge on any atom is 0.416 e. The topological polar surface area (TPSA) is 15.3 Å². The molecular weight excluding hydrogens is 344 g/mol. The van der Waals surface area contributed by atoms with Gasteiger partial charge in [-0.2, -0.15) is 13.2 Å². The Bertz CT molecular complexity index is 516. The highest BCUT2D eigenvalue weighted by Crippen LogP contribution is 2.36. The molecule has 0 saturated carbocycles. The van der Waals surface area contributed by atoms with Gasteiger partial charge < -0.3 is 5.32 Å². The minimum Gasteiger partial charge on any atom is -0.314 e. The van der Waals surface area contributed by atoms with Gasteiger partial charge >= 0.3 is 6.18 Å². The van der Waals surface area contributed by atoms with E-state index in [2.05, 4.69) is 17.1 Å². The van der Waals surface area contributed by atoms with Crippen LogP contribution < -0.4 is 5.32 Å². The smallest absolute Gasteiger partial charge is 0.314 e. The number of rotatable bonds is 5. The summed E-state index contributed by atoms with van der Waals surface area (Å²) in [5, 5.41) is 3.24. The number of alkyl halides is 3. The molecule has 1 aromatic carbocycles. The molecule has 1 unspecified atom stereocenters. The predicted molar refractivity (Wildman–Crippen MR) is 89.9 cm³/mol. The van der Waals surface area contributed by atoms with Gasteiger partial charge in [0.05, 0.1) is 5.56 Å². The van der Waals surface area contributed by atoms with Gasteiger partial charge in [-0.15, -0.1) is 12.4 Å². The van der Waals surface area contributed by atoms with Crippen molar-refractivity contribution in [2.75, 3.05) is 26.2 Å². The number of hydrogen-bond donors (Lipinski definition) is 1. The van der Waals surface area contributed by atoms with Gasteiger partial charge in [0.25, 0.3) is 0 Å². The van der Waals surface area contributed by atoms with E-state index < -0.39 is 17.6 Å². The molecular formula is C17H25ClF4N2. The first-order valence-electron chi connectivity index (χ1n) is 8.15. The highest BCUT2D eigenvalue weighted by molar-refractivity contribution is 5.85. The van der Waals surface area contributed by atoms with E-state index >= 15 is 0 Å². The van der Waals surface area contributed by atoms with Crippen LogP contribution >= 0.6 is 12.4 Å². The van der Waals surface area contributed by atoms with Gasteiger partial charge in [0, 0.05) is 32.2 Å². The normalized spacial score (nSPS) is 18.8. The molecule has 2 atom stereocenters. The zero-order chi connectivity index (χ0) is 17.0. The third-order valence-electron chi connectivity index (χ3n) is 4.42. The van der Waals surface area contributed by atoms with Gasteiger partial charge in [-0.05, 0) is 36.1 Å². The lowest BCUT2D eigenvalue weighted by Gasteiger charge is -2.39. The number of hydrogen-bond acceptors (Lipinski definition) is 2. The fourth-order valence-electron chi connectivity index (χ4n) is 3.42. The molecule has 138 valence electrons. The Hall–Kier alpha value is -0.850. The van der Waals surface area contributed by atoms with E-state index in [0.29, 0.717) is 11.6 Å². The van der Waals surface area contributed by atoms with Crippen LogP contribution in [0.25, 0.3) is 0 Å². The maximum absolute atomic E-state index is 13.8.